The van der Waals surface area contributed by atoms with Crippen molar-refractivity contribution in [2.45, 2.75) is 85.3 Å². The van der Waals surface area contributed by atoms with Crippen molar-refractivity contribution in [3.8, 4) is 0 Å². The van der Waals surface area contributed by atoms with Gasteiger partial charge in [0, 0.05) is 49.5 Å². The second kappa shape index (κ2) is 11.3. The fourth-order valence-electron chi connectivity index (χ4n) is 5.61. The Balaban J connectivity index is 1.63. The molecule has 3 heterocycles. The number of pyridine rings is 1. The van der Waals surface area contributed by atoms with Crippen LogP contribution in [0.15, 0.2) is 29.2 Å². The van der Waals surface area contributed by atoms with E-state index in [1.807, 2.05) is 58.4 Å². The number of fused-ring (bicyclic) bond motifs is 1. The molecule has 0 spiro atoms. The summed E-state index contributed by atoms with van der Waals surface area (Å²) in [4.78, 5) is 43.3. The lowest BCUT2D eigenvalue weighted by Gasteiger charge is -2.33. The number of aryl methyl sites for hydroxylation is 4. The van der Waals surface area contributed by atoms with Gasteiger partial charge >= 0.3 is 6.09 Å². The third-order valence-corrected chi connectivity index (χ3v) is 7.48. The molecular formula is C31H42N4O4. The van der Waals surface area contributed by atoms with Crippen molar-refractivity contribution in [2.75, 3.05) is 13.1 Å². The zero-order chi connectivity index (χ0) is 28.5. The molecule has 0 radical (unpaired) electrons. The lowest BCUT2D eigenvalue weighted by Crippen LogP contribution is -2.41. The van der Waals surface area contributed by atoms with Crippen LogP contribution in [0.4, 0.5) is 4.79 Å². The molecule has 210 valence electrons. The van der Waals surface area contributed by atoms with Gasteiger partial charge in [-0.2, -0.15) is 0 Å². The van der Waals surface area contributed by atoms with Gasteiger partial charge in [0.2, 0.25) is 0 Å². The summed E-state index contributed by atoms with van der Waals surface area (Å²) in [5, 5.41) is 4.11. The monoisotopic (exact) mass is 534 g/mol. The summed E-state index contributed by atoms with van der Waals surface area (Å²) in [5.41, 5.74) is 5.38. The SMILES string of the molecule is CCCc1cn(C)c2c(C(=O)NCc3c(C)cc(C)[nH]c3=O)cc(C3CCN(C(=O)OC(C)(C)C)CC3)cc12. The van der Waals surface area contributed by atoms with Crippen LogP contribution in [0.2, 0.25) is 0 Å². The Morgan fingerprint density at radius 3 is 2.44 bits per heavy atom. The van der Waals surface area contributed by atoms with E-state index < -0.39 is 5.60 Å². The second-order valence-electron chi connectivity index (χ2n) is 11.8. The van der Waals surface area contributed by atoms with Crippen LogP contribution in [0.5, 0.6) is 0 Å². The Labute approximate surface area is 230 Å². The molecule has 0 saturated carbocycles. The number of carbonyl (C=O) groups is 2. The van der Waals surface area contributed by atoms with Crippen LogP contribution in [-0.2, 0) is 24.8 Å². The largest absolute Gasteiger partial charge is 0.444 e. The molecule has 0 unspecified atom stereocenters. The Morgan fingerprint density at radius 1 is 1.13 bits per heavy atom. The van der Waals surface area contributed by atoms with Crippen molar-refractivity contribution < 1.29 is 14.3 Å². The van der Waals surface area contributed by atoms with Crippen LogP contribution in [-0.4, -0.2) is 45.1 Å². The number of nitrogens with zero attached hydrogens (tertiary/aromatic N) is 2. The van der Waals surface area contributed by atoms with E-state index >= 15 is 0 Å². The first-order valence-corrected chi connectivity index (χ1v) is 13.9. The molecule has 1 aliphatic rings. The minimum atomic E-state index is -0.522. The molecule has 1 saturated heterocycles. The predicted molar refractivity (Wildman–Crippen MR) is 154 cm³/mol. The lowest BCUT2D eigenvalue weighted by molar-refractivity contribution is 0.0205. The molecule has 39 heavy (non-hydrogen) atoms. The molecular weight excluding hydrogens is 492 g/mol. The Bertz CT molecular complexity index is 1440. The first-order chi connectivity index (χ1) is 18.4. The van der Waals surface area contributed by atoms with E-state index in [9.17, 15) is 14.4 Å². The van der Waals surface area contributed by atoms with Gasteiger partial charge in [0.25, 0.3) is 11.5 Å². The number of benzene rings is 1. The number of hydrogen-bond acceptors (Lipinski definition) is 4. The van der Waals surface area contributed by atoms with E-state index in [1.165, 1.54) is 5.56 Å². The summed E-state index contributed by atoms with van der Waals surface area (Å²) < 4.78 is 7.60. The maximum absolute atomic E-state index is 13.6. The number of likely N-dealkylation sites (tertiary alicyclic amines) is 1. The number of hydrogen-bond donors (Lipinski definition) is 2. The molecule has 0 bridgehead atoms. The molecule has 1 aliphatic heterocycles. The van der Waals surface area contributed by atoms with Crippen molar-refractivity contribution in [1.29, 1.82) is 0 Å². The van der Waals surface area contributed by atoms with E-state index in [4.69, 9.17) is 4.74 Å². The highest BCUT2D eigenvalue weighted by Crippen LogP contribution is 2.34. The van der Waals surface area contributed by atoms with Crippen LogP contribution in [0.25, 0.3) is 10.9 Å². The molecule has 2 N–H and O–H groups in total. The van der Waals surface area contributed by atoms with Crippen LogP contribution in [0.1, 0.15) is 91.2 Å². The highest BCUT2D eigenvalue weighted by Gasteiger charge is 2.29. The van der Waals surface area contributed by atoms with Gasteiger partial charge in [-0.05, 0) is 94.7 Å². The predicted octanol–water partition coefficient (Wildman–Crippen LogP) is 5.48. The smallest absolute Gasteiger partial charge is 0.410 e. The zero-order valence-corrected chi connectivity index (χ0v) is 24.4. The number of amides is 2. The Hall–Kier alpha value is -3.55. The fraction of sp³-hybridized carbons (Fsp3) is 0.516. The number of nitrogens with one attached hydrogen (secondary N) is 2. The molecule has 0 aliphatic carbocycles. The van der Waals surface area contributed by atoms with Gasteiger partial charge in [0.05, 0.1) is 11.1 Å². The van der Waals surface area contributed by atoms with Crippen molar-refractivity contribution in [2.24, 2.45) is 7.05 Å². The number of H-pyrrole nitrogens is 1. The van der Waals surface area contributed by atoms with Gasteiger partial charge in [-0.15, -0.1) is 0 Å². The first kappa shape index (κ1) is 28.5. The summed E-state index contributed by atoms with van der Waals surface area (Å²) in [5.74, 6) is 0.0353. The topological polar surface area (TPSA) is 96.4 Å². The molecule has 1 fully saturated rings. The van der Waals surface area contributed by atoms with Gasteiger partial charge in [-0.1, -0.05) is 13.3 Å². The van der Waals surface area contributed by atoms with Gasteiger partial charge in [-0.25, -0.2) is 4.79 Å². The molecule has 8 heteroatoms. The molecule has 1 aromatic carbocycles. The quantitative estimate of drug-likeness (QED) is 0.438. The van der Waals surface area contributed by atoms with Crippen LogP contribution in [0.3, 0.4) is 0 Å². The summed E-state index contributed by atoms with van der Waals surface area (Å²) >= 11 is 0. The Morgan fingerprint density at radius 2 is 1.82 bits per heavy atom. The fourth-order valence-corrected chi connectivity index (χ4v) is 5.61. The molecule has 2 aromatic heterocycles. The Kier molecular flexibility index (Phi) is 8.23. The van der Waals surface area contributed by atoms with E-state index in [1.54, 1.807) is 4.90 Å². The molecule has 2 amide bonds. The summed E-state index contributed by atoms with van der Waals surface area (Å²) in [6.07, 6.45) is 5.39. The zero-order valence-electron chi connectivity index (χ0n) is 24.4. The average molecular weight is 535 g/mol. The van der Waals surface area contributed by atoms with Crippen LogP contribution < -0.4 is 10.9 Å². The van der Waals surface area contributed by atoms with Gasteiger partial charge < -0.3 is 24.5 Å². The van der Waals surface area contributed by atoms with Crippen LogP contribution in [0, 0.1) is 13.8 Å². The minimum Gasteiger partial charge on any atom is -0.444 e. The highest BCUT2D eigenvalue weighted by molar-refractivity contribution is 6.07. The molecule has 3 aromatic rings. The van der Waals surface area contributed by atoms with Gasteiger partial charge in [0.1, 0.15) is 5.60 Å². The number of rotatable bonds is 6. The third-order valence-electron chi connectivity index (χ3n) is 7.48. The molecule has 8 nitrogen and oxygen atoms in total. The lowest BCUT2D eigenvalue weighted by atomic mass is 9.87. The van der Waals surface area contributed by atoms with Gasteiger partial charge in [-0.3, -0.25) is 9.59 Å². The number of ether oxygens (including phenoxy) is 1. The number of aromatic amines is 1. The minimum absolute atomic E-state index is 0.159. The standard InChI is InChI=1S/C31H42N4O4/c1-8-9-22-18-34(7)27-24(22)15-23(21-10-12-35(13-11-21)30(38)39-31(4,5)6)16-25(27)28(36)32-17-26-19(2)14-20(3)33-29(26)37/h14-16,18,21H,8-13,17H2,1-7H3,(H,32,36)(H,33,37). The molecule has 0 atom stereocenters. The van der Waals surface area contributed by atoms with Crippen molar-refractivity contribution in [3.05, 3.63) is 68.3 Å². The van der Waals surface area contributed by atoms with Crippen molar-refractivity contribution in [1.82, 2.24) is 19.8 Å². The summed E-state index contributed by atoms with van der Waals surface area (Å²) in [6, 6.07) is 6.16. The normalized spacial score (nSPS) is 14.6. The number of piperidine rings is 1. The molecule has 4 rings (SSSR count). The van der Waals surface area contributed by atoms with Crippen molar-refractivity contribution in [3.63, 3.8) is 0 Å². The van der Waals surface area contributed by atoms with Gasteiger partial charge in [0.15, 0.2) is 0 Å². The van der Waals surface area contributed by atoms with E-state index in [0.29, 0.717) is 24.2 Å². The van der Waals surface area contributed by atoms with Crippen molar-refractivity contribution >= 4 is 22.9 Å². The average Bonchev–Trinajstić information content (AvgIpc) is 3.17. The third kappa shape index (κ3) is 6.37. The first-order valence-electron chi connectivity index (χ1n) is 13.9. The number of carbonyl (C=O) groups excluding carboxylic acids is 2. The van der Waals surface area contributed by atoms with E-state index in [-0.39, 0.29) is 30.0 Å². The maximum atomic E-state index is 13.6. The van der Waals surface area contributed by atoms with E-state index in [2.05, 4.69) is 29.5 Å². The maximum Gasteiger partial charge on any atom is 0.410 e. The highest BCUT2D eigenvalue weighted by atomic mass is 16.6. The number of aromatic nitrogens is 2. The summed E-state index contributed by atoms with van der Waals surface area (Å²) in [6.45, 7) is 12.9. The van der Waals surface area contributed by atoms with E-state index in [0.717, 1.165) is 53.4 Å². The summed E-state index contributed by atoms with van der Waals surface area (Å²) in [7, 11) is 1.98. The van der Waals surface area contributed by atoms with Crippen LogP contribution >= 0.6 is 0 Å². The second-order valence-corrected chi connectivity index (χ2v) is 11.8.